The van der Waals surface area contributed by atoms with Gasteiger partial charge in [0.2, 0.25) is 0 Å². The van der Waals surface area contributed by atoms with Crippen LogP contribution >= 0.6 is 0 Å². The standard InChI is InChI=1S/C19H26N2O4/c1-18(2,25-15-7-5-4-6-8-15)16(22)21-11-14-9-10-20(3)12-19(14,13-21)17(23)24/h4-8,14H,9-13H2,1-3H3,(H,23,24)/t14-,19-/m0/s1. The Kier molecular flexibility index (Phi) is 4.49. The van der Waals surface area contributed by atoms with Gasteiger partial charge < -0.3 is 19.6 Å². The van der Waals surface area contributed by atoms with Crippen molar-refractivity contribution in [2.45, 2.75) is 25.9 Å². The molecule has 2 aliphatic heterocycles. The molecule has 1 aromatic rings. The Bertz CT molecular complexity index is 661. The van der Waals surface area contributed by atoms with Gasteiger partial charge in [0.1, 0.15) is 11.2 Å². The summed E-state index contributed by atoms with van der Waals surface area (Å²) in [6.07, 6.45) is 0.798. The molecule has 0 aliphatic carbocycles. The third-order valence-corrected chi connectivity index (χ3v) is 5.45. The molecule has 2 aliphatic rings. The molecule has 1 amide bonds. The van der Waals surface area contributed by atoms with E-state index in [2.05, 4.69) is 0 Å². The molecule has 0 unspecified atom stereocenters. The van der Waals surface area contributed by atoms with E-state index in [0.717, 1.165) is 13.0 Å². The first-order chi connectivity index (χ1) is 11.7. The molecule has 2 saturated heterocycles. The van der Waals surface area contributed by atoms with Gasteiger partial charge in [-0.3, -0.25) is 9.59 Å². The lowest BCUT2D eigenvalue weighted by Crippen LogP contribution is -2.53. The maximum Gasteiger partial charge on any atom is 0.313 e. The molecular formula is C19H26N2O4. The zero-order valence-corrected chi connectivity index (χ0v) is 15.1. The van der Waals surface area contributed by atoms with Crippen molar-refractivity contribution < 1.29 is 19.4 Å². The van der Waals surface area contributed by atoms with Crippen molar-refractivity contribution in [3.63, 3.8) is 0 Å². The van der Waals surface area contributed by atoms with Crippen molar-refractivity contribution in [2.24, 2.45) is 11.3 Å². The fraction of sp³-hybridized carbons (Fsp3) is 0.579. The first-order valence-corrected chi connectivity index (χ1v) is 8.70. The van der Waals surface area contributed by atoms with Gasteiger partial charge in [0.15, 0.2) is 5.60 Å². The average molecular weight is 346 g/mol. The number of carbonyl (C=O) groups excluding carboxylic acids is 1. The van der Waals surface area contributed by atoms with Crippen LogP contribution in [0.2, 0.25) is 0 Å². The molecule has 1 aromatic carbocycles. The largest absolute Gasteiger partial charge is 0.481 e. The van der Waals surface area contributed by atoms with E-state index < -0.39 is 17.0 Å². The number of likely N-dealkylation sites (tertiary alicyclic amines) is 2. The zero-order chi connectivity index (χ0) is 18.2. The number of carboxylic acids is 1. The highest BCUT2D eigenvalue weighted by molar-refractivity contribution is 5.87. The minimum absolute atomic E-state index is 0.00215. The van der Waals surface area contributed by atoms with Crippen LogP contribution in [0.15, 0.2) is 30.3 Å². The SMILES string of the molecule is CN1CC[C@H]2CN(C(=O)C(C)(C)Oc3ccccc3)C[C@@]2(C(=O)O)C1. The van der Waals surface area contributed by atoms with Gasteiger partial charge in [0.25, 0.3) is 5.91 Å². The van der Waals surface area contributed by atoms with Gasteiger partial charge in [-0.25, -0.2) is 0 Å². The van der Waals surface area contributed by atoms with Crippen LogP contribution in [0.5, 0.6) is 5.75 Å². The molecule has 136 valence electrons. The van der Waals surface area contributed by atoms with Crippen LogP contribution in [0.3, 0.4) is 0 Å². The number of nitrogens with zero attached hydrogens (tertiary/aromatic N) is 2. The van der Waals surface area contributed by atoms with Gasteiger partial charge in [-0.05, 0) is 51.9 Å². The second-order valence-electron chi connectivity index (χ2n) is 7.80. The minimum atomic E-state index is -1.04. The molecule has 3 rings (SSSR count). The number of para-hydroxylation sites is 1. The van der Waals surface area contributed by atoms with Crippen LogP contribution in [-0.4, -0.2) is 65.6 Å². The second kappa shape index (κ2) is 6.33. The van der Waals surface area contributed by atoms with E-state index in [4.69, 9.17) is 4.74 Å². The number of rotatable bonds is 4. The number of carboxylic acid groups (broad SMARTS) is 1. The second-order valence-corrected chi connectivity index (χ2v) is 7.80. The third-order valence-electron chi connectivity index (χ3n) is 5.45. The summed E-state index contributed by atoms with van der Waals surface area (Å²) in [5, 5.41) is 9.86. The van der Waals surface area contributed by atoms with Crippen molar-refractivity contribution in [3.8, 4) is 5.75 Å². The van der Waals surface area contributed by atoms with Gasteiger partial charge >= 0.3 is 5.97 Å². The van der Waals surface area contributed by atoms with Crippen LogP contribution in [0.1, 0.15) is 20.3 Å². The monoisotopic (exact) mass is 346 g/mol. The van der Waals surface area contributed by atoms with E-state index in [1.165, 1.54) is 0 Å². The summed E-state index contributed by atoms with van der Waals surface area (Å²) >= 11 is 0. The fourth-order valence-corrected chi connectivity index (χ4v) is 4.13. The topological polar surface area (TPSA) is 70.1 Å². The summed E-state index contributed by atoms with van der Waals surface area (Å²) in [6, 6.07) is 9.23. The molecule has 25 heavy (non-hydrogen) atoms. The number of piperidine rings is 1. The molecule has 6 heteroatoms. The van der Waals surface area contributed by atoms with Gasteiger partial charge in [-0.2, -0.15) is 0 Å². The van der Waals surface area contributed by atoms with E-state index in [9.17, 15) is 14.7 Å². The number of benzene rings is 1. The molecule has 2 fully saturated rings. The Morgan fingerprint density at radius 3 is 2.56 bits per heavy atom. The molecular weight excluding hydrogens is 320 g/mol. The fourth-order valence-electron chi connectivity index (χ4n) is 4.13. The number of fused-ring (bicyclic) bond motifs is 1. The van der Waals surface area contributed by atoms with Crippen LogP contribution in [0.25, 0.3) is 0 Å². The average Bonchev–Trinajstić information content (AvgIpc) is 2.94. The number of hydrogen-bond acceptors (Lipinski definition) is 4. The summed E-state index contributed by atoms with van der Waals surface area (Å²) in [4.78, 5) is 28.8. The Balaban J connectivity index is 1.78. The maximum absolute atomic E-state index is 13.1. The number of amides is 1. The Morgan fingerprint density at radius 2 is 1.92 bits per heavy atom. The predicted molar refractivity (Wildman–Crippen MR) is 93.4 cm³/mol. The molecule has 6 nitrogen and oxygen atoms in total. The van der Waals surface area contributed by atoms with Crippen LogP contribution in [0.4, 0.5) is 0 Å². The molecule has 0 radical (unpaired) electrons. The lowest BCUT2D eigenvalue weighted by atomic mass is 9.73. The number of hydrogen-bond donors (Lipinski definition) is 1. The summed E-state index contributed by atoms with van der Waals surface area (Å²) in [5.74, 6) is -0.335. The first kappa shape index (κ1) is 17.7. The highest BCUT2D eigenvalue weighted by Crippen LogP contribution is 2.43. The lowest BCUT2D eigenvalue weighted by Gasteiger charge is -2.39. The van der Waals surface area contributed by atoms with Crippen LogP contribution < -0.4 is 4.74 Å². The highest BCUT2D eigenvalue weighted by atomic mass is 16.5. The molecule has 2 atom stereocenters. The van der Waals surface area contributed by atoms with Gasteiger partial charge in [-0.1, -0.05) is 18.2 Å². The van der Waals surface area contributed by atoms with Crippen molar-refractivity contribution in [2.75, 3.05) is 33.2 Å². The quantitative estimate of drug-likeness (QED) is 0.899. The number of aliphatic carboxylic acids is 1. The molecule has 1 N–H and O–H groups in total. The van der Waals surface area contributed by atoms with Gasteiger partial charge in [0, 0.05) is 19.6 Å². The number of ether oxygens (including phenoxy) is 1. The van der Waals surface area contributed by atoms with E-state index in [1.54, 1.807) is 18.7 Å². The highest BCUT2D eigenvalue weighted by Gasteiger charge is 2.56. The Morgan fingerprint density at radius 1 is 1.24 bits per heavy atom. The molecule has 0 saturated carbocycles. The van der Waals surface area contributed by atoms with E-state index in [1.807, 2.05) is 42.3 Å². The summed E-state index contributed by atoms with van der Waals surface area (Å²) < 4.78 is 5.89. The molecule has 0 spiro atoms. The van der Waals surface area contributed by atoms with Gasteiger partial charge in [0.05, 0.1) is 0 Å². The number of carbonyl (C=O) groups is 2. The van der Waals surface area contributed by atoms with Crippen molar-refractivity contribution in [1.82, 2.24) is 9.80 Å². The summed E-state index contributed by atoms with van der Waals surface area (Å²) in [6.45, 7) is 5.56. The summed E-state index contributed by atoms with van der Waals surface area (Å²) in [5.41, 5.74) is -1.91. The first-order valence-electron chi connectivity index (χ1n) is 8.70. The van der Waals surface area contributed by atoms with Crippen LogP contribution in [-0.2, 0) is 9.59 Å². The minimum Gasteiger partial charge on any atom is -0.481 e. The van der Waals surface area contributed by atoms with Crippen molar-refractivity contribution in [1.29, 1.82) is 0 Å². The third kappa shape index (κ3) is 3.23. The van der Waals surface area contributed by atoms with Crippen molar-refractivity contribution in [3.05, 3.63) is 30.3 Å². The van der Waals surface area contributed by atoms with Crippen LogP contribution in [0, 0.1) is 11.3 Å². The summed E-state index contributed by atoms with van der Waals surface area (Å²) in [7, 11) is 1.94. The van der Waals surface area contributed by atoms with E-state index in [0.29, 0.717) is 18.8 Å². The molecule has 0 aromatic heterocycles. The smallest absolute Gasteiger partial charge is 0.313 e. The predicted octanol–water partition coefficient (Wildman–Crippen LogP) is 1.71. The normalized spacial score (nSPS) is 27.0. The zero-order valence-electron chi connectivity index (χ0n) is 15.1. The Hall–Kier alpha value is -2.08. The molecule has 2 heterocycles. The van der Waals surface area contributed by atoms with Gasteiger partial charge in [-0.15, -0.1) is 0 Å². The molecule has 0 bridgehead atoms. The maximum atomic E-state index is 13.1. The Labute approximate surface area is 148 Å². The lowest BCUT2D eigenvalue weighted by molar-refractivity contribution is -0.154. The van der Waals surface area contributed by atoms with E-state index in [-0.39, 0.29) is 18.4 Å². The van der Waals surface area contributed by atoms with E-state index >= 15 is 0 Å². The van der Waals surface area contributed by atoms with Crippen molar-refractivity contribution >= 4 is 11.9 Å².